The molecule has 1 aromatic heterocycles. The van der Waals surface area contributed by atoms with Crippen molar-refractivity contribution in [1.82, 2.24) is 5.32 Å². The highest BCUT2D eigenvalue weighted by molar-refractivity contribution is 6.12. The lowest BCUT2D eigenvalue weighted by molar-refractivity contribution is -0.140. The summed E-state index contributed by atoms with van der Waals surface area (Å²) in [6, 6.07) is 16.4. The Hall–Kier alpha value is -4.26. The zero-order valence-electron chi connectivity index (χ0n) is 18.7. The number of rotatable bonds is 7. The first kappa shape index (κ1) is 22.9. The van der Waals surface area contributed by atoms with E-state index < -0.39 is 5.82 Å². The van der Waals surface area contributed by atoms with Crippen molar-refractivity contribution in [2.24, 2.45) is 0 Å². The predicted molar refractivity (Wildman–Crippen MR) is 126 cm³/mol. The van der Waals surface area contributed by atoms with Crippen LogP contribution in [-0.2, 0) is 16.0 Å². The van der Waals surface area contributed by atoms with Gasteiger partial charge < -0.3 is 14.5 Å². The van der Waals surface area contributed by atoms with Gasteiger partial charge in [0, 0.05) is 30.0 Å². The van der Waals surface area contributed by atoms with E-state index >= 15 is 0 Å². The molecule has 0 aliphatic carbocycles. The maximum Gasteiger partial charge on any atom is 0.305 e. The number of hydrogen-bond acceptors (Lipinski definition) is 5. The fourth-order valence-corrected chi connectivity index (χ4v) is 3.93. The van der Waals surface area contributed by atoms with Gasteiger partial charge >= 0.3 is 5.97 Å². The molecule has 0 saturated heterocycles. The van der Waals surface area contributed by atoms with E-state index in [1.165, 1.54) is 26.3 Å². The molecule has 0 radical (unpaired) electrons. The Labute approximate surface area is 195 Å². The fraction of sp³-hybridized carbons (Fsp3) is 0.148. The van der Waals surface area contributed by atoms with Crippen LogP contribution in [0.15, 0.2) is 65.1 Å². The van der Waals surface area contributed by atoms with Crippen LogP contribution in [-0.4, -0.2) is 32.3 Å². The Bertz CT molecular complexity index is 1390. The molecule has 1 heterocycles. The number of hydrogen-bond donors (Lipinski definition) is 1. The van der Waals surface area contributed by atoms with Gasteiger partial charge in [0.1, 0.15) is 23.4 Å². The fourth-order valence-electron chi connectivity index (χ4n) is 3.93. The first-order valence-corrected chi connectivity index (χ1v) is 10.6. The number of fused-ring (bicyclic) bond motifs is 1. The van der Waals surface area contributed by atoms with Crippen LogP contribution < -0.4 is 5.32 Å². The summed E-state index contributed by atoms with van der Waals surface area (Å²) >= 11 is 0. The van der Waals surface area contributed by atoms with E-state index in [0.717, 1.165) is 23.0 Å². The summed E-state index contributed by atoms with van der Waals surface area (Å²) in [7, 11) is 2.85. The molecule has 172 valence electrons. The van der Waals surface area contributed by atoms with Gasteiger partial charge in [0.15, 0.2) is 0 Å². The van der Waals surface area contributed by atoms with Crippen LogP contribution in [0.2, 0.25) is 0 Å². The van der Waals surface area contributed by atoms with E-state index in [1.807, 2.05) is 12.1 Å². The molecular formula is C27H22FNO5. The van der Waals surface area contributed by atoms with Gasteiger partial charge in [-0.1, -0.05) is 18.2 Å². The highest BCUT2D eigenvalue weighted by Crippen LogP contribution is 2.38. The number of amides is 1. The third-order valence-electron chi connectivity index (χ3n) is 5.63. The molecule has 0 atom stereocenters. The number of esters is 1. The van der Waals surface area contributed by atoms with E-state index in [2.05, 4.69) is 5.32 Å². The summed E-state index contributed by atoms with van der Waals surface area (Å²) in [5.41, 5.74) is 4.14. The average Bonchev–Trinajstić information content (AvgIpc) is 3.24. The number of furan rings is 1. The number of nitrogens with one attached hydrogen (secondary N) is 1. The van der Waals surface area contributed by atoms with E-state index in [4.69, 9.17) is 9.15 Å². The molecule has 0 saturated carbocycles. The largest absolute Gasteiger partial charge is 0.469 e. The summed E-state index contributed by atoms with van der Waals surface area (Å²) in [6.45, 7) is 0. The summed E-state index contributed by atoms with van der Waals surface area (Å²) < 4.78 is 24.4. The van der Waals surface area contributed by atoms with E-state index in [1.54, 1.807) is 36.4 Å². The van der Waals surface area contributed by atoms with Crippen LogP contribution in [0, 0.1) is 5.82 Å². The Morgan fingerprint density at radius 2 is 1.82 bits per heavy atom. The van der Waals surface area contributed by atoms with Crippen LogP contribution in [0.1, 0.15) is 32.7 Å². The number of aryl methyl sites for hydroxylation is 1. The molecule has 4 rings (SSSR count). The monoisotopic (exact) mass is 459 g/mol. The van der Waals surface area contributed by atoms with Crippen molar-refractivity contribution >= 4 is 29.1 Å². The minimum Gasteiger partial charge on any atom is -0.469 e. The molecule has 6 nitrogen and oxygen atoms in total. The van der Waals surface area contributed by atoms with Crippen molar-refractivity contribution in [3.8, 4) is 22.5 Å². The SMILES string of the molecule is CNC(=O)c1c(-c2ccc(F)cc2)oc2cc(CCC(=O)OC)c(-c3cccc(C=O)c3)cc12. The lowest BCUT2D eigenvalue weighted by Crippen LogP contribution is -2.18. The van der Waals surface area contributed by atoms with Crippen molar-refractivity contribution in [1.29, 1.82) is 0 Å². The van der Waals surface area contributed by atoms with E-state index in [0.29, 0.717) is 39.8 Å². The molecule has 7 heteroatoms. The third-order valence-corrected chi connectivity index (χ3v) is 5.63. The molecule has 0 bridgehead atoms. The number of aldehydes is 1. The topological polar surface area (TPSA) is 85.6 Å². The lowest BCUT2D eigenvalue weighted by Gasteiger charge is -2.11. The predicted octanol–water partition coefficient (Wildman–Crippen LogP) is 5.18. The summed E-state index contributed by atoms with van der Waals surface area (Å²) in [5.74, 6) is -0.797. The quantitative estimate of drug-likeness (QED) is 0.304. The maximum absolute atomic E-state index is 13.5. The van der Waals surface area contributed by atoms with Crippen molar-refractivity contribution in [2.75, 3.05) is 14.2 Å². The first-order chi connectivity index (χ1) is 16.4. The second-order valence-corrected chi connectivity index (χ2v) is 7.72. The number of benzene rings is 3. The van der Waals surface area contributed by atoms with Gasteiger partial charge in [-0.2, -0.15) is 0 Å². The van der Waals surface area contributed by atoms with Gasteiger partial charge in [0.2, 0.25) is 0 Å². The molecule has 4 aromatic rings. The molecule has 0 spiro atoms. The van der Waals surface area contributed by atoms with Crippen LogP contribution in [0.4, 0.5) is 4.39 Å². The molecule has 0 fully saturated rings. The Kier molecular flexibility index (Phi) is 6.54. The molecule has 1 amide bonds. The molecule has 34 heavy (non-hydrogen) atoms. The summed E-state index contributed by atoms with van der Waals surface area (Å²) in [4.78, 5) is 36.1. The molecule has 0 unspecified atom stereocenters. The Morgan fingerprint density at radius 1 is 1.06 bits per heavy atom. The van der Waals surface area contributed by atoms with Gasteiger partial charge in [-0.25, -0.2) is 4.39 Å². The second-order valence-electron chi connectivity index (χ2n) is 7.72. The Morgan fingerprint density at radius 3 is 2.50 bits per heavy atom. The molecule has 3 aromatic carbocycles. The summed E-state index contributed by atoms with van der Waals surface area (Å²) in [5, 5.41) is 3.20. The van der Waals surface area contributed by atoms with Gasteiger partial charge in [-0.05, 0) is 65.6 Å². The zero-order chi connectivity index (χ0) is 24.2. The minimum atomic E-state index is -0.399. The van der Waals surface area contributed by atoms with Crippen LogP contribution in [0.25, 0.3) is 33.4 Å². The van der Waals surface area contributed by atoms with Gasteiger partial charge in [0.25, 0.3) is 5.91 Å². The van der Waals surface area contributed by atoms with E-state index in [-0.39, 0.29) is 18.3 Å². The standard InChI is InChI=1S/C27H22FNO5/c1-29-27(32)25-22-14-21(18-5-3-4-16(12-18)15-30)19(8-11-24(31)33-2)13-23(22)34-26(25)17-6-9-20(28)10-7-17/h3-7,9-10,12-15H,8,11H2,1-2H3,(H,29,32). The van der Waals surface area contributed by atoms with Crippen LogP contribution in [0.5, 0.6) is 0 Å². The number of ether oxygens (including phenoxy) is 1. The second kappa shape index (κ2) is 9.70. The molecule has 1 N–H and O–H groups in total. The number of carbonyl (C=O) groups is 3. The lowest BCUT2D eigenvalue weighted by atomic mass is 9.93. The minimum absolute atomic E-state index is 0.149. The van der Waals surface area contributed by atoms with Crippen molar-refractivity contribution in [3.63, 3.8) is 0 Å². The number of carbonyl (C=O) groups excluding carboxylic acids is 3. The first-order valence-electron chi connectivity index (χ1n) is 10.6. The summed E-state index contributed by atoms with van der Waals surface area (Å²) in [6.07, 6.45) is 1.28. The average molecular weight is 459 g/mol. The smallest absolute Gasteiger partial charge is 0.305 e. The van der Waals surface area contributed by atoms with Gasteiger partial charge in [-0.15, -0.1) is 0 Å². The zero-order valence-corrected chi connectivity index (χ0v) is 18.7. The van der Waals surface area contributed by atoms with Crippen LogP contribution >= 0.6 is 0 Å². The van der Waals surface area contributed by atoms with Crippen molar-refractivity contribution in [2.45, 2.75) is 12.8 Å². The normalized spacial score (nSPS) is 10.8. The number of halogens is 1. The molecule has 0 aliphatic heterocycles. The number of methoxy groups -OCH3 is 1. The Balaban J connectivity index is 1.97. The molecular weight excluding hydrogens is 437 g/mol. The highest BCUT2D eigenvalue weighted by Gasteiger charge is 2.23. The van der Waals surface area contributed by atoms with Gasteiger partial charge in [0.05, 0.1) is 12.7 Å². The van der Waals surface area contributed by atoms with Gasteiger partial charge in [-0.3, -0.25) is 14.4 Å². The van der Waals surface area contributed by atoms with Crippen molar-refractivity contribution < 1.29 is 27.9 Å². The maximum atomic E-state index is 13.5. The van der Waals surface area contributed by atoms with E-state index in [9.17, 15) is 18.8 Å². The van der Waals surface area contributed by atoms with Crippen molar-refractivity contribution in [3.05, 3.63) is 83.2 Å². The molecule has 0 aliphatic rings. The highest BCUT2D eigenvalue weighted by atomic mass is 19.1. The van der Waals surface area contributed by atoms with Crippen LogP contribution in [0.3, 0.4) is 0 Å². The third kappa shape index (κ3) is 4.45.